The Bertz CT molecular complexity index is 415. The molecule has 0 aliphatic heterocycles. The van der Waals surface area contributed by atoms with Crippen molar-refractivity contribution in [2.24, 2.45) is 0 Å². The number of halogens is 2. The molecule has 3 nitrogen and oxygen atoms in total. The fourth-order valence-corrected chi connectivity index (χ4v) is 1.45. The van der Waals surface area contributed by atoms with Crippen molar-refractivity contribution in [3.8, 4) is 0 Å². The minimum atomic E-state index is -0.544. The fraction of sp³-hybridized carbons (Fsp3) is 0.417. The topological polar surface area (TPSA) is 41.1 Å². The van der Waals surface area contributed by atoms with Gasteiger partial charge in [-0.05, 0) is 32.9 Å². The van der Waals surface area contributed by atoms with E-state index >= 15 is 0 Å². The van der Waals surface area contributed by atoms with Gasteiger partial charge in [-0.25, -0.2) is 4.39 Å². The molecule has 0 fully saturated rings. The van der Waals surface area contributed by atoms with E-state index in [0.717, 1.165) is 0 Å². The van der Waals surface area contributed by atoms with E-state index in [4.69, 9.17) is 11.6 Å². The summed E-state index contributed by atoms with van der Waals surface area (Å²) in [5.41, 5.74) is -0.0763. The van der Waals surface area contributed by atoms with E-state index < -0.39 is 5.82 Å². The molecule has 1 aromatic rings. The van der Waals surface area contributed by atoms with Crippen LogP contribution in [0.15, 0.2) is 18.2 Å². The molecule has 0 saturated heterocycles. The Hall–Kier alpha value is -1.29. The molecule has 0 atom stereocenters. The monoisotopic (exact) mass is 258 g/mol. The first-order chi connectivity index (χ1) is 7.79. The summed E-state index contributed by atoms with van der Waals surface area (Å²) in [7, 11) is 0. The van der Waals surface area contributed by atoms with Gasteiger partial charge in [-0.1, -0.05) is 17.7 Å². The molecule has 0 aromatic heterocycles. The van der Waals surface area contributed by atoms with Crippen LogP contribution in [-0.2, 0) is 4.79 Å². The van der Waals surface area contributed by atoms with Crippen molar-refractivity contribution in [2.75, 3.05) is 11.9 Å². The van der Waals surface area contributed by atoms with Gasteiger partial charge in [0.25, 0.3) is 0 Å². The van der Waals surface area contributed by atoms with Crippen LogP contribution in [0, 0.1) is 5.82 Å². The number of hydrogen-bond donors (Lipinski definition) is 2. The van der Waals surface area contributed by atoms with Crippen LogP contribution in [0.25, 0.3) is 0 Å². The number of amides is 1. The highest BCUT2D eigenvalue weighted by Gasteiger charge is 2.14. The normalized spacial score (nSPS) is 11.1. The molecule has 2 N–H and O–H groups in total. The first kappa shape index (κ1) is 13.8. The van der Waals surface area contributed by atoms with Gasteiger partial charge < -0.3 is 10.6 Å². The lowest BCUT2D eigenvalue weighted by molar-refractivity contribution is -0.120. The van der Waals surface area contributed by atoms with Gasteiger partial charge >= 0.3 is 0 Å². The van der Waals surface area contributed by atoms with E-state index in [9.17, 15) is 9.18 Å². The lowest BCUT2D eigenvalue weighted by Crippen LogP contribution is -2.43. The number of nitrogens with one attached hydrogen (secondary N) is 2. The molecule has 17 heavy (non-hydrogen) atoms. The standard InChI is InChI=1S/C12H16ClFN2O/c1-12(2,3)16-10(17)7-15-9-6-4-5-8(13)11(9)14/h4-6,15H,7H2,1-3H3,(H,16,17). The van der Waals surface area contributed by atoms with E-state index in [2.05, 4.69) is 10.6 Å². The average molecular weight is 259 g/mol. The van der Waals surface area contributed by atoms with E-state index in [1.54, 1.807) is 6.07 Å². The van der Waals surface area contributed by atoms with E-state index in [1.807, 2.05) is 20.8 Å². The molecule has 5 heteroatoms. The Morgan fingerprint density at radius 2 is 2.06 bits per heavy atom. The van der Waals surface area contributed by atoms with Gasteiger partial charge in [0.1, 0.15) is 0 Å². The summed E-state index contributed by atoms with van der Waals surface area (Å²) in [6, 6.07) is 4.61. The minimum absolute atomic E-state index is 0.00846. The van der Waals surface area contributed by atoms with Crippen molar-refractivity contribution in [1.82, 2.24) is 5.32 Å². The predicted octanol–water partition coefficient (Wildman–Crippen LogP) is 2.81. The molecular formula is C12H16ClFN2O. The third kappa shape index (κ3) is 4.61. The van der Waals surface area contributed by atoms with Crippen molar-refractivity contribution < 1.29 is 9.18 Å². The highest BCUT2D eigenvalue weighted by molar-refractivity contribution is 6.31. The highest BCUT2D eigenvalue weighted by atomic mass is 35.5. The second-order valence-corrected chi connectivity index (χ2v) is 5.16. The summed E-state index contributed by atoms with van der Waals surface area (Å²) in [5, 5.41) is 5.50. The molecule has 1 aromatic carbocycles. The van der Waals surface area contributed by atoms with Crippen molar-refractivity contribution in [3.05, 3.63) is 29.0 Å². The fourth-order valence-electron chi connectivity index (χ4n) is 1.28. The van der Waals surface area contributed by atoms with Gasteiger partial charge in [0.05, 0.1) is 17.3 Å². The number of anilines is 1. The highest BCUT2D eigenvalue weighted by Crippen LogP contribution is 2.21. The molecule has 0 spiro atoms. The molecule has 0 aliphatic carbocycles. The zero-order valence-corrected chi connectivity index (χ0v) is 10.9. The molecule has 94 valence electrons. The molecule has 0 radical (unpaired) electrons. The zero-order valence-electron chi connectivity index (χ0n) is 10.1. The van der Waals surface area contributed by atoms with Gasteiger partial charge in [0, 0.05) is 5.54 Å². The lowest BCUT2D eigenvalue weighted by atomic mass is 10.1. The van der Waals surface area contributed by atoms with Crippen LogP contribution in [0.2, 0.25) is 5.02 Å². The average Bonchev–Trinajstić information content (AvgIpc) is 2.18. The maximum Gasteiger partial charge on any atom is 0.239 e. The number of carbonyl (C=O) groups excluding carboxylic acids is 1. The van der Waals surface area contributed by atoms with Gasteiger partial charge in [0.15, 0.2) is 5.82 Å². The smallest absolute Gasteiger partial charge is 0.239 e. The second-order valence-electron chi connectivity index (χ2n) is 4.75. The van der Waals surface area contributed by atoms with Crippen molar-refractivity contribution in [2.45, 2.75) is 26.3 Å². The SMILES string of the molecule is CC(C)(C)NC(=O)CNc1cccc(Cl)c1F. The van der Waals surface area contributed by atoms with Crippen LogP contribution < -0.4 is 10.6 Å². The van der Waals surface area contributed by atoms with Gasteiger partial charge in [0.2, 0.25) is 5.91 Å². The molecule has 0 saturated carbocycles. The Morgan fingerprint density at radius 1 is 1.41 bits per heavy atom. The molecule has 1 amide bonds. The van der Waals surface area contributed by atoms with E-state index in [1.165, 1.54) is 12.1 Å². The van der Waals surface area contributed by atoms with Crippen LogP contribution in [-0.4, -0.2) is 18.0 Å². The van der Waals surface area contributed by atoms with Crippen LogP contribution in [0.1, 0.15) is 20.8 Å². The summed E-state index contributed by atoms with van der Waals surface area (Å²) >= 11 is 5.62. The Morgan fingerprint density at radius 3 is 2.65 bits per heavy atom. The first-order valence-electron chi connectivity index (χ1n) is 5.28. The van der Waals surface area contributed by atoms with E-state index in [0.29, 0.717) is 0 Å². The molecule has 0 unspecified atom stereocenters. The van der Waals surface area contributed by atoms with Crippen LogP contribution in [0.3, 0.4) is 0 Å². The Labute approximate surface area is 105 Å². The maximum absolute atomic E-state index is 13.5. The van der Waals surface area contributed by atoms with E-state index in [-0.39, 0.29) is 28.7 Å². The number of rotatable bonds is 3. The van der Waals surface area contributed by atoms with Crippen LogP contribution >= 0.6 is 11.6 Å². The Balaban J connectivity index is 2.56. The summed E-state index contributed by atoms with van der Waals surface area (Å²) < 4.78 is 13.5. The summed E-state index contributed by atoms with van der Waals surface area (Å²) in [5.74, 6) is -0.741. The number of hydrogen-bond acceptors (Lipinski definition) is 2. The van der Waals surface area contributed by atoms with Crippen molar-refractivity contribution in [3.63, 3.8) is 0 Å². The summed E-state index contributed by atoms with van der Waals surface area (Å²) in [6.07, 6.45) is 0. The second kappa shape index (κ2) is 5.36. The summed E-state index contributed by atoms with van der Waals surface area (Å²) in [4.78, 5) is 11.5. The van der Waals surface area contributed by atoms with Crippen molar-refractivity contribution in [1.29, 1.82) is 0 Å². The quantitative estimate of drug-likeness (QED) is 0.875. The lowest BCUT2D eigenvalue weighted by Gasteiger charge is -2.20. The third-order valence-corrected chi connectivity index (χ3v) is 2.20. The Kier molecular flexibility index (Phi) is 4.34. The molecule has 0 aliphatic rings. The van der Waals surface area contributed by atoms with Gasteiger partial charge in [-0.15, -0.1) is 0 Å². The van der Waals surface area contributed by atoms with Crippen LogP contribution in [0.4, 0.5) is 10.1 Å². The predicted molar refractivity (Wildman–Crippen MR) is 67.8 cm³/mol. The molecule has 1 rings (SSSR count). The summed E-state index contributed by atoms with van der Waals surface area (Å²) in [6.45, 7) is 5.65. The number of benzene rings is 1. The molecular weight excluding hydrogens is 243 g/mol. The van der Waals surface area contributed by atoms with Crippen LogP contribution in [0.5, 0.6) is 0 Å². The van der Waals surface area contributed by atoms with Crippen molar-refractivity contribution >= 4 is 23.2 Å². The first-order valence-corrected chi connectivity index (χ1v) is 5.66. The van der Waals surface area contributed by atoms with Gasteiger partial charge in [-0.3, -0.25) is 4.79 Å². The van der Waals surface area contributed by atoms with Gasteiger partial charge in [-0.2, -0.15) is 0 Å². The molecule has 0 heterocycles. The number of carbonyl (C=O) groups is 1. The molecule has 0 bridgehead atoms. The maximum atomic E-state index is 13.5. The zero-order chi connectivity index (χ0) is 13.1. The largest absolute Gasteiger partial charge is 0.374 e. The minimum Gasteiger partial charge on any atom is -0.374 e. The third-order valence-electron chi connectivity index (χ3n) is 1.91.